The van der Waals surface area contributed by atoms with Crippen LogP contribution in [0.15, 0.2) is 36.4 Å². The molecule has 12 heteroatoms. The predicted octanol–water partition coefficient (Wildman–Crippen LogP) is 4.93. The first-order valence-corrected chi connectivity index (χ1v) is 10.4. The molecule has 1 atom stereocenters. The molecule has 0 aliphatic rings. The van der Waals surface area contributed by atoms with Crippen LogP contribution < -0.4 is 16.0 Å². The lowest BCUT2D eigenvalue weighted by molar-refractivity contribution is -0.164. The molecule has 0 saturated heterocycles. The van der Waals surface area contributed by atoms with E-state index in [0.29, 0.717) is 5.69 Å². The first-order valence-electron chi connectivity index (χ1n) is 9.60. The van der Waals surface area contributed by atoms with E-state index in [-0.39, 0.29) is 39.4 Å². The van der Waals surface area contributed by atoms with Gasteiger partial charge in [-0.25, -0.2) is 14.2 Å². The van der Waals surface area contributed by atoms with Gasteiger partial charge in [-0.15, -0.1) is 0 Å². The molecule has 0 aliphatic carbocycles. The van der Waals surface area contributed by atoms with Crippen molar-refractivity contribution in [3.63, 3.8) is 0 Å². The summed E-state index contributed by atoms with van der Waals surface area (Å²) < 4.78 is 54.3. The first-order chi connectivity index (χ1) is 15.6. The van der Waals surface area contributed by atoms with Crippen LogP contribution >= 0.6 is 11.3 Å². The third-order valence-corrected chi connectivity index (χ3v) is 5.38. The average Bonchev–Trinajstić information content (AvgIpc) is 3.11. The van der Waals surface area contributed by atoms with Crippen molar-refractivity contribution in [1.82, 2.24) is 10.3 Å². The van der Waals surface area contributed by atoms with E-state index in [4.69, 9.17) is 5.26 Å². The molecule has 2 aromatic carbocycles. The maximum atomic E-state index is 13.7. The Bertz CT molecular complexity index is 1220. The Kier molecular flexibility index (Phi) is 7.13. The Balaban J connectivity index is 1.95. The summed E-state index contributed by atoms with van der Waals surface area (Å²) in [5.41, 5.74) is 0.445. The number of halogens is 4. The normalized spacial score (nSPS) is 12.1. The van der Waals surface area contributed by atoms with Crippen molar-refractivity contribution < 1.29 is 27.2 Å². The van der Waals surface area contributed by atoms with Gasteiger partial charge in [0.2, 0.25) is 5.91 Å². The van der Waals surface area contributed by atoms with E-state index in [0.717, 1.165) is 29.5 Å². The number of amides is 3. The molecule has 7 nitrogen and oxygen atoms in total. The molecule has 3 aromatic rings. The molecule has 0 saturated carbocycles. The average molecular weight is 479 g/mol. The van der Waals surface area contributed by atoms with Crippen LogP contribution in [0.3, 0.4) is 0 Å². The number of thiazole rings is 1. The minimum absolute atomic E-state index is 0.0243. The number of aromatic nitrogens is 1. The summed E-state index contributed by atoms with van der Waals surface area (Å²) in [4.78, 5) is 28.6. The number of nitriles is 1. The molecule has 0 spiro atoms. The van der Waals surface area contributed by atoms with Gasteiger partial charge in [0.25, 0.3) is 0 Å². The summed E-state index contributed by atoms with van der Waals surface area (Å²) in [5, 5.41) is 16.3. The second-order valence-electron chi connectivity index (χ2n) is 6.84. The van der Waals surface area contributed by atoms with E-state index < -0.39 is 29.8 Å². The zero-order chi connectivity index (χ0) is 24.2. The van der Waals surface area contributed by atoms with Crippen LogP contribution in [0.4, 0.5) is 33.2 Å². The Morgan fingerprint density at radius 3 is 2.48 bits per heavy atom. The number of carbonyl (C=O) groups is 2. The van der Waals surface area contributed by atoms with E-state index in [1.54, 1.807) is 0 Å². The van der Waals surface area contributed by atoms with E-state index >= 15 is 0 Å². The van der Waals surface area contributed by atoms with Crippen molar-refractivity contribution in [3.05, 3.63) is 53.3 Å². The van der Waals surface area contributed by atoms with E-state index in [1.165, 1.54) is 25.1 Å². The van der Waals surface area contributed by atoms with Gasteiger partial charge < -0.3 is 10.6 Å². The number of alkyl halides is 3. The SMILES string of the molecule is CCNC(=O)C(c1cc(CC#N)c2nc(NC(=O)Nc3ccc(F)cc3)sc2c1)C(F)(F)F. The molecule has 1 unspecified atom stereocenters. The summed E-state index contributed by atoms with van der Waals surface area (Å²) >= 11 is 0.894. The fraction of sp³-hybridized carbons (Fsp3) is 0.238. The molecule has 0 radical (unpaired) electrons. The third kappa shape index (κ3) is 5.75. The van der Waals surface area contributed by atoms with Crippen LogP contribution in [-0.2, 0) is 11.2 Å². The number of hydrogen-bond acceptors (Lipinski definition) is 5. The Morgan fingerprint density at radius 2 is 1.88 bits per heavy atom. The Hall–Kier alpha value is -3.72. The highest BCUT2D eigenvalue weighted by Gasteiger charge is 2.46. The zero-order valence-corrected chi connectivity index (χ0v) is 17.9. The lowest BCUT2D eigenvalue weighted by Gasteiger charge is -2.20. The number of urea groups is 1. The monoisotopic (exact) mass is 479 g/mol. The number of rotatable bonds is 6. The van der Waals surface area contributed by atoms with E-state index in [2.05, 4.69) is 20.9 Å². The van der Waals surface area contributed by atoms with Gasteiger partial charge in [-0.3, -0.25) is 10.1 Å². The molecular weight excluding hydrogens is 462 g/mol. The van der Waals surface area contributed by atoms with Gasteiger partial charge in [-0.05, 0) is 48.4 Å². The summed E-state index contributed by atoms with van der Waals surface area (Å²) in [5.74, 6) is -4.09. The lowest BCUT2D eigenvalue weighted by atomic mass is 9.94. The van der Waals surface area contributed by atoms with Gasteiger partial charge in [-0.1, -0.05) is 17.4 Å². The summed E-state index contributed by atoms with van der Waals surface area (Å²) in [6, 6.07) is 8.53. The number of hydrogen-bond donors (Lipinski definition) is 3. The maximum Gasteiger partial charge on any atom is 0.404 e. The van der Waals surface area contributed by atoms with Crippen molar-refractivity contribution in [3.8, 4) is 6.07 Å². The largest absolute Gasteiger partial charge is 0.404 e. The molecule has 0 bridgehead atoms. The predicted molar refractivity (Wildman–Crippen MR) is 115 cm³/mol. The molecular formula is C21H17F4N5O2S. The van der Waals surface area contributed by atoms with Crippen molar-refractivity contribution >= 4 is 44.3 Å². The molecule has 1 aromatic heterocycles. The number of nitrogens with one attached hydrogen (secondary N) is 3. The zero-order valence-electron chi connectivity index (χ0n) is 17.1. The summed E-state index contributed by atoms with van der Waals surface area (Å²) in [7, 11) is 0. The molecule has 3 amide bonds. The molecule has 33 heavy (non-hydrogen) atoms. The highest BCUT2D eigenvalue weighted by atomic mass is 32.1. The number of benzene rings is 2. The molecule has 172 valence electrons. The van der Waals surface area contributed by atoms with Crippen molar-refractivity contribution in [1.29, 1.82) is 5.26 Å². The van der Waals surface area contributed by atoms with Crippen molar-refractivity contribution in [2.45, 2.75) is 25.4 Å². The first kappa shape index (κ1) is 23.9. The smallest absolute Gasteiger partial charge is 0.356 e. The minimum Gasteiger partial charge on any atom is -0.356 e. The Morgan fingerprint density at radius 1 is 1.18 bits per heavy atom. The fourth-order valence-corrected chi connectivity index (χ4v) is 4.08. The summed E-state index contributed by atoms with van der Waals surface area (Å²) in [6.07, 6.45) is -5.09. The van der Waals surface area contributed by atoms with Gasteiger partial charge in [0.05, 0.1) is 22.7 Å². The van der Waals surface area contributed by atoms with Crippen LogP contribution in [0.5, 0.6) is 0 Å². The van der Waals surface area contributed by atoms with Crippen LogP contribution in [0, 0.1) is 17.1 Å². The number of carbonyl (C=O) groups excluding carboxylic acids is 2. The standard InChI is InChI=1S/C21H17F4N5O2S/c1-2-27-18(31)16(21(23,24)25)12-9-11(7-8-26)17-15(10-12)33-20(29-17)30-19(32)28-14-5-3-13(22)4-6-14/h3-6,9-10,16H,2,7H2,1H3,(H,27,31)(H2,28,29,30,32). The highest BCUT2D eigenvalue weighted by Crippen LogP contribution is 2.39. The van der Waals surface area contributed by atoms with Crippen LogP contribution in [0.2, 0.25) is 0 Å². The molecule has 0 aliphatic heterocycles. The summed E-state index contributed by atoms with van der Waals surface area (Å²) in [6.45, 7) is 1.53. The maximum absolute atomic E-state index is 13.7. The van der Waals surface area contributed by atoms with Gasteiger partial charge in [0.15, 0.2) is 11.0 Å². The van der Waals surface area contributed by atoms with E-state index in [1.807, 2.05) is 6.07 Å². The van der Waals surface area contributed by atoms with Gasteiger partial charge in [-0.2, -0.15) is 18.4 Å². The molecule has 3 N–H and O–H groups in total. The minimum atomic E-state index is -4.85. The number of fused-ring (bicyclic) bond motifs is 1. The topological polar surface area (TPSA) is 107 Å². The Labute approximate surface area is 189 Å². The highest BCUT2D eigenvalue weighted by molar-refractivity contribution is 7.22. The number of nitrogens with zero attached hydrogens (tertiary/aromatic N) is 2. The second-order valence-corrected chi connectivity index (χ2v) is 7.87. The van der Waals surface area contributed by atoms with Crippen LogP contribution in [0.1, 0.15) is 24.0 Å². The second kappa shape index (κ2) is 9.83. The fourth-order valence-electron chi connectivity index (χ4n) is 3.12. The van der Waals surface area contributed by atoms with Crippen molar-refractivity contribution in [2.24, 2.45) is 0 Å². The van der Waals surface area contributed by atoms with E-state index in [9.17, 15) is 27.2 Å². The molecule has 1 heterocycles. The van der Waals surface area contributed by atoms with Gasteiger partial charge in [0.1, 0.15) is 5.82 Å². The van der Waals surface area contributed by atoms with Crippen LogP contribution in [0.25, 0.3) is 10.2 Å². The third-order valence-electron chi connectivity index (χ3n) is 4.46. The van der Waals surface area contributed by atoms with Crippen LogP contribution in [-0.4, -0.2) is 29.6 Å². The van der Waals surface area contributed by atoms with Gasteiger partial charge in [0, 0.05) is 12.2 Å². The quantitative estimate of drug-likeness (QED) is 0.436. The number of anilines is 2. The number of likely N-dealkylation sites (N-methyl/N-ethyl adjacent to an activating group) is 1. The lowest BCUT2D eigenvalue weighted by Crippen LogP contribution is -2.37. The van der Waals surface area contributed by atoms with Gasteiger partial charge >= 0.3 is 12.2 Å². The van der Waals surface area contributed by atoms with Crippen molar-refractivity contribution in [2.75, 3.05) is 17.2 Å². The molecule has 0 fully saturated rings. The molecule has 3 rings (SSSR count).